The fourth-order valence-electron chi connectivity index (χ4n) is 1.60. The maximum Gasteiger partial charge on any atom is 0.338 e. The Morgan fingerprint density at radius 2 is 1.75 bits per heavy atom. The lowest BCUT2D eigenvalue weighted by atomic mass is 10.2. The van der Waals surface area contributed by atoms with Gasteiger partial charge in [0.2, 0.25) is 0 Å². The third-order valence-electron chi connectivity index (χ3n) is 2.56. The van der Waals surface area contributed by atoms with Crippen molar-refractivity contribution in [3.63, 3.8) is 0 Å². The van der Waals surface area contributed by atoms with E-state index in [9.17, 15) is 9.00 Å². The summed E-state index contributed by atoms with van der Waals surface area (Å²) in [6, 6.07) is 15.8. The topological polar surface area (TPSA) is 55.4 Å². The maximum atomic E-state index is 12.0. The molecule has 0 bridgehead atoms. The highest BCUT2D eigenvalue weighted by Gasteiger charge is 2.07. The van der Waals surface area contributed by atoms with Gasteiger partial charge in [0.15, 0.2) is 0 Å². The first-order chi connectivity index (χ1) is 9.70. The lowest BCUT2D eigenvalue weighted by molar-refractivity contribution is 0.0526. The molecule has 0 radical (unpaired) electrons. The molecule has 0 fully saturated rings. The van der Waals surface area contributed by atoms with Crippen molar-refractivity contribution >= 4 is 22.6 Å². The van der Waals surface area contributed by atoms with E-state index in [1.807, 2.05) is 18.2 Å². The molecule has 0 heterocycles. The van der Waals surface area contributed by atoms with E-state index in [4.69, 9.17) is 4.74 Å². The van der Waals surface area contributed by atoms with Gasteiger partial charge in [-0.15, -0.1) is 0 Å². The van der Waals surface area contributed by atoms with Gasteiger partial charge in [-0.05, 0) is 43.3 Å². The van der Waals surface area contributed by atoms with Crippen molar-refractivity contribution in [1.82, 2.24) is 0 Å². The number of esters is 1. The Labute approximate surface area is 120 Å². The van der Waals surface area contributed by atoms with E-state index in [0.29, 0.717) is 22.8 Å². The van der Waals surface area contributed by atoms with Crippen LogP contribution in [-0.2, 0) is 15.7 Å². The Morgan fingerprint density at radius 3 is 2.35 bits per heavy atom. The van der Waals surface area contributed by atoms with Crippen LogP contribution in [0.1, 0.15) is 17.3 Å². The highest BCUT2D eigenvalue weighted by Crippen LogP contribution is 2.14. The number of carbonyl (C=O) groups is 1. The molecule has 2 rings (SSSR count). The predicted molar refractivity (Wildman–Crippen MR) is 78.9 cm³/mol. The molecule has 1 atom stereocenters. The summed E-state index contributed by atoms with van der Waals surface area (Å²) < 4.78 is 19.8. The second-order valence-electron chi connectivity index (χ2n) is 3.98. The van der Waals surface area contributed by atoms with Crippen LogP contribution in [0.25, 0.3) is 0 Å². The number of carbonyl (C=O) groups excluding carboxylic acids is 1. The fraction of sp³-hybridized carbons (Fsp3) is 0.133. The number of hydrogen-bond donors (Lipinski definition) is 1. The molecule has 0 saturated heterocycles. The summed E-state index contributed by atoms with van der Waals surface area (Å²) >= 11 is 0. The Balaban J connectivity index is 2.04. The van der Waals surface area contributed by atoms with Crippen LogP contribution < -0.4 is 4.72 Å². The van der Waals surface area contributed by atoms with Gasteiger partial charge < -0.3 is 9.46 Å². The lowest BCUT2D eigenvalue weighted by Gasteiger charge is -2.07. The molecule has 0 saturated carbocycles. The van der Waals surface area contributed by atoms with E-state index in [0.717, 1.165) is 0 Å². The van der Waals surface area contributed by atoms with Crippen molar-refractivity contribution in [1.29, 1.82) is 0 Å². The first-order valence-corrected chi connectivity index (χ1v) is 7.36. The summed E-state index contributed by atoms with van der Waals surface area (Å²) in [5.41, 5.74) is 1.16. The zero-order valence-electron chi connectivity index (χ0n) is 11.0. The van der Waals surface area contributed by atoms with Crippen molar-refractivity contribution < 1.29 is 13.7 Å². The average Bonchev–Trinajstić information content (AvgIpc) is 2.49. The second kappa shape index (κ2) is 6.86. The highest BCUT2D eigenvalue weighted by atomic mass is 32.2. The number of nitrogens with one attached hydrogen (secondary N) is 1. The molecule has 0 amide bonds. The molecule has 4 nitrogen and oxygen atoms in total. The van der Waals surface area contributed by atoms with Gasteiger partial charge in [-0.3, -0.25) is 0 Å². The summed E-state index contributed by atoms with van der Waals surface area (Å²) in [5.74, 6) is -0.358. The molecule has 0 aliphatic heterocycles. The molecule has 0 aliphatic carbocycles. The number of ether oxygens (including phenoxy) is 1. The first-order valence-electron chi connectivity index (χ1n) is 6.21. The molecule has 0 aliphatic rings. The number of hydrogen-bond acceptors (Lipinski definition) is 3. The standard InChI is InChI=1S/C15H15NO3S/c1-2-19-15(17)12-8-10-13(11-9-12)16-20(18)14-6-4-3-5-7-14/h3-11,16H,2H2,1H3/t20-/m0/s1. The largest absolute Gasteiger partial charge is 0.462 e. The van der Waals surface area contributed by atoms with Crippen LogP contribution in [-0.4, -0.2) is 16.8 Å². The van der Waals surface area contributed by atoms with Gasteiger partial charge >= 0.3 is 5.97 Å². The van der Waals surface area contributed by atoms with Crippen molar-refractivity contribution in [2.24, 2.45) is 0 Å². The average molecular weight is 289 g/mol. The van der Waals surface area contributed by atoms with Gasteiger partial charge in [0.25, 0.3) is 0 Å². The molecule has 2 aromatic rings. The van der Waals surface area contributed by atoms with Gasteiger partial charge in [0.1, 0.15) is 11.0 Å². The van der Waals surface area contributed by atoms with Crippen LogP contribution in [0.15, 0.2) is 59.5 Å². The second-order valence-corrected chi connectivity index (χ2v) is 5.19. The molecule has 0 unspecified atom stereocenters. The van der Waals surface area contributed by atoms with Crippen LogP contribution in [0.2, 0.25) is 0 Å². The van der Waals surface area contributed by atoms with Crippen LogP contribution >= 0.6 is 0 Å². The van der Waals surface area contributed by atoms with Gasteiger partial charge in [-0.1, -0.05) is 18.2 Å². The molecule has 0 aromatic heterocycles. The zero-order chi connectivity index (χ0) is 14.4. The van der Waals surface area contributed by atoms with Gasteiger partial charge in [0.05, 0.1) is 17.1 Å². The molecular formula is C15H15NO3S. The summed E-state index contributed by atoms with van der Waals surface area (Å²) in [4.78, 5) is 12.2. The Morgan fingerprint density at radius 1 is 1.10 bits per heavy atom. The Hall–Kier alpha value is -2.14. The van der Waals surface area contributed by atoms with E-state index in [1.54, 1.807) is 43.3 Å². The quantitative estimate of drug-likeness (QED) is 0.861. The predicted octanol–water partition coefficient (Wildman–Crippen LogP) is 3.00. The minimum absolute atomic E-state index is 0.344. The smallest absolute Gasteiger partial charge is 0.338 e. The lowest BCUT2D eigenvalue weighted by Crippen LogP contribution is -2.06. The summed E-state index contributed by atoms with van der Waals surface area (Å²) in [6.07, 6.45) is 0. The summed E-state index contributed by atoms with van der Waals surface area (Å²) in [7, 11) is -1.32. The normalized spacial score (nSPS) is 11.7. The van der Waals surface area contributed by atoms with Crippen LogP contribution in [0.3, 0.4) is 0 Å². The van der Waals surface area contributed by atoms with Crippen LogP contribution in [0.4, 0.5) is 5.69 Å². The third kappa shape index (κ3) is 3.68. The first kappa shape index (κ1) is 14.3. The zero-order valence-corrected chi connectivity index (χ0v) is 11.9. The van der Waals surface area contributed by atoms with Crippen molar-refractivity contribution in [3.05, 3.63) is 60.2 Å². The van der Waals surface area contributed by atoms with Crippen molar-refractivity contribution in [2.45, 2.75) is 11.8 Å². The van der Waals surface area contributed by atoms with E-state index >= 15 is 0 Å². The molecule has 5 heteroatoms. The van der Waals surface area contributed by atoms with Crippen LogP contribution in [0.5, 0.6) is 0 Å². The van der Waals surface area contributed by atoms with Crippen molar-refractivity contribution in [3.8, 4) is 0 Å². The Bertz CT molecular complexity index is 596. The molecule has 2 aromatic carbocycles. The number of anilines is 1. The molecular weight excluding hydrogens is 274 g/mol. The minimum Gasteiger partial charge on any atom is -0.462 e. The van der Waals surface area contributed by atoms with Crippen LogP contribution in [0, 0.1) is 0 Å². The molecule has 1 N–H and O–H groups in total. The van der Waals surface area contributed by atoms with Gasteiger partial charge in [-0.25, -0.2) is 9.00 Å². The van der Waals surface area contributed by atoms with E-state index in [2.05, 4.69) is 4.72 Å². The van der Waals surface area contributed by atoms with E-state index < -0.39 is 11.0 Å². The SMILES string of the molecule is CCOC(=O)c1ccc(N[S@@](=O)c2ccccc2)cc1. The number of benzene rings is 2. The third-order valence-corrected chi connectivity index (χ3v) is 3.69. The minimum atomic E-state index is -1.32. The van der Waals surface area contributed by atoms with Crippen molar-refractivity contribution in [2.75, 3.05) is 11.3 Å². The number of rotatable bonds is 5. The molecule has 20 heavy (non-hydrogen) atoms. The summed E-state index contributed by atoms with van der Waals surface area (Å²) in [6.45, 7) is 2.10. The van der Waals surface area contributed by atoms with E-state index in [1.165, 1.54) is 0 Å². The van der Waals surface area contributed by atoms with Gasteiger partial charge in [0, 0.05) is 5.69 Å². The maximum absolute atomic E-state index is 12.0. The van der Waals surface area contributed by atoms with Gasteiger partial charge in [-0.2, -0.15) is 0 Å². The Kier molecular flexibility index (Phi) is 4.90. The highest BCUT2D eigenvalue weighted by molar-refractivity contribution is 7.86. The molecule has 0 spiro atoms. The fourth-order valence-corrected chi connectivity index (χ4v) is 2.47. The van der Waals surface area contributed by atoms with E-state index in [-0.39, 0.29) is 5.97 Å². The monoisotopic (exact) mass is 289 g/mol. The summed E-state index contributed by atoms with van der Waals surface area (Å²) in [5, 5.41) is 0. The molecule has 104 valence electrons.